The summed E-state index contributed by atoms with van der Waals surface area (Å²) in [6.07, 6.45) is 0. The third kappa shape index (κ3) is 2.90. The van der Waals surface area contributed by atoms with Gasteiger partial charge < -0.3 is 9.32 Å². The van der Waals surface area contributed by atoms with Gasteiger partial charge >= 0.3 is 0 Å². The molecule has 0 unspecified atom stereocenters. The molecule has 1 aromatic heterocycles. The molecule has 0 spiro atoms. The van der Waals surface area contributed by atoms with Crippen LogP contribution in [0.15, 0.2) is 22.6 Å². The molecule has 0 N–H and O–H groups in total. The summed E-state index contributed by atoms with van der Waals surface area (Å²) in [7, 11) is -2.89. The number of aromatic nitrogens is 1. The van der Waals surface area contributed by atoms with Crippen LogP contribution in [0.1, 0.15) is 26.3 Å². The first kappa shape index (κ1) is 14.4. The summed E-state index contributed by atoms with van der Waals surface area (Å²) in [5.41, 5.74) is 2.83. The molecule has 1 saturated heterocycles. The van der Waals surface area contributed by atoms with Crippen molar-refractivity contribution in [2.75, 3.05) is 29.5 Å². The maximum Gasteiger partial charge on any atom is 0.298 e. The van der Waals surface area contributed by atoms with Gasteiger partial charge in [0.25, 0.3) is 6.01 Å². The molecule has 3 rings (SSSR count). The number of fused-ring (bicyclic) bond motifs is 1. The molecule has 0 atom stereocenters. The summed E-state index contributed by atoms with van der Waals surface area (Å²) in [6.45, 7) is 7.36. The van der Waals surface area contributed by atoms with Crippen LogP contribution >= 0.6 is 0 Å². The summed E-state index contributed by atoms with van der Waals surface area (Å²) >= 11 is 0. The van der Waals surface area contributed by atoms with Crippen molar-refractivity contribution in [3.63, 3.8) is 0 Å². The molecule has 2 aromatic rings. The van der Waals surface area contributed by atoms with Crippen LogP contribution < -0.4 is 4.90 Å². The van der Waals surface area contributed by atoms with E-state index < -0.39 is 9.84 Å². The van der Waals surface area contributed by atoms with Gasteiger partial charge in [0.2, 0.25) is 0 Å². The molecule has 2 heterocycles. The lowest BCUT2D eigenvalue weighted by atomic mass is 9.87. The molecule has 0 radical (unpaired) electrons. The largest absolute Gasteiger partial charge is 0.423 e. The Hall–Kier alpha value is -1.56. The van der Waals surface area contributed by atoms with Crippen molar-refractivity contribution >= 4 is 27.0 Å². The first-order valence-corrected chi connectivity index (χ1v) is 8.93. The highest BCUT2D eigenvalue weighted by atomic mass is 32.2. The van der Waals surface area contributed by atoms with Crippen LogP contribution in [0.4, 0.5) is 6.01 Å². The Labute approximate surface area is 124 Å². The van der Waals surface area contributed by atoms with E-state index in [-0.39, 0.29) is 16.9 Å². The van der Waals surface area contributed by atoms with Crippen molar-refractivity contribution in [1.82, 2.24) is 4.98 Å². The lowest BCUT2D eigenvalue weighted by Crippen LogP contribution is -2.40. The van der Waals surface area contributed by atoms with Crippen LogP contribution in [-0.4, -0.2) is 38.0 Å². The first-order chi connectivity index (χ1) is 9.74. The maximum atomic E-state index is 11.5. The molecule has 1 aromatic carbocycles. The molecular weight excluding hydrogens is 288 g/mol. The SMILES string of the molecule is CC(C)(C)c1ccc2oc(N3CCS(=O)(=O)CC3)nc2c1. The zero-order valence-electron chi connectivity index (χ0n) is 12.6. The van der Waals surface area contributed by atoms with Crippen molar-refractivity contribution in [3.05, 3.63) is 23.8 Å². The van der Waals surface area contributed by atoms with E-state index in [0.29, 0.717) is 19.1 Å². The van der Waals surface area contributed by atoms with Crippen LogP contribution in [0.5, 0.6) is 0 Å². The first-order valence-electron chi connectivity index (χ1n) is 7.11. The Morgan fingerprint density at radius 3 is 2.48 bits per heavy atom. The number of hydrogen-bond acceptors (Lipinski definition) is 5. The van der Waals surface area contributed by atoms with Gasteiger partial charge in [-0.2, -0.15) is 4.98 Å². The predicted molar refractivity (Wildman–Crippen MR) is 83.6 cm³/mol. The van der Waals surface area contributed by atoms with E-state index in [0.717, 1.165) is 11.1 Å². The number of sulfone groups is 1. The number of anilines is 1. The molecule has 114 valence electrons. The molecule has 21 heavy (non-hydrogen) atoms. The van der Waals surface area contributed by atoms with Gasteiger partial charge in [-0.1, -0.05) is 26.8 Å². The normalized spacial score (nSPS) is 19.1. The van der Waals surface area contributed by atoms with Gasteiger partial charge in [0.05, 0.1) is 11.5 Å². The molecule has 0 saturated carbocycles. The molecule has 1 fully saturated rings. The Morgan fingerprint density at radius 1 is 1.19 bits per heavy atom. The Morgan fingerprint density at radius 2 is 1.86 bits per heavy atom. The van der Waals surface area contributed by atoms with Gasteiger partial charge in [0.15, 0.2) is 15.4 Å². The average Bonchev–Trinajstić information content (AvgIpc) is 2.80. The third-order valence-electron chi connectivity index (χ3n) is 3.86. The summed E-state index contributed by atoms with van der Waals surface area (Å²) in [4.78, 5) is 6.42. The number of benzene rings is 1. The highest BCUT2D eigenvalue weighted by Gasteiger charge is 2.25. The second kappa shape index (κ2) is 4.73. The summed E-state index contributed by atoms with van der Waals surface area (Å²) in [5.74, 6) is 0.331. The quantitative estimate of drug-likeness (QED) is 0.809. The molecule has 1 aliphatic rings. The van der Waals surface area contributed by atoms with E-state index in [1.807, 2.05) is 17.0 Å². The summed E-state index contributed by atoms with van der Waals surface area (Å²) < 4.78 is 28.7. The maximum absolute atomic E-state index is 11.5. The number of nitrogens with zero attached hydrogens (tertiary/aromatic N) is 2. The summed E-state index contributed by atoms with van der Waals surface area (Å²) in [6, 6.07) is 6.56. The van der Waals surface area contributed by atoms with E-state index in [1.165, 1.54) is 5.56 Å². The van der Waals surface area contributed by atoms with Gasteiger partial charge in [-0.25, -0.2) is 8.42 Å². The van der Waals surface area contributed by atoms with E-state index in [9.17, 15) is 8.42 Å². The predicted octanol–water partition coefficient (Wildman–Crippen LogP) is 2.36. The molecule has 5 nitrogen and oxygen atoms in total. The Bertz CT molecular complexity index is 758. The number of hydrogen-bond donors (Lipinski definition) is 0. The van der Waals surface area contributed by atoms with Crippen LogP contribution in [-0.2, 0) is 15.3 Å². The minimum absolute atomic E-state index is 0.0620. The molecule has 0 amide bonds. The third-order valence-corrected chi connectivity index (χ3v) is 5.47. The molecule has 6 heteroatoms. The fourth-order valence-electron chi connectivity index (χ4n) is 2.42. The van der Waals surface area contributed by atoms with Gasteiger partial charge in [-0.3, -0.25) is 0 Å². The smallest absolute Gasteiger partial charge is 0.298 e. The van der Waals surface area contributed by atoms with E-state index in [2.05, 4.69) is 31.8 Å². The minimum Gasteiger partial charge on any atom is -0.423 e. The molecular formula is C15H20N2O3S. The second-order valence-electron chi connectivity index (χ2n) is 6.57. The average molecular weight is 308 g/mol. The minimum atomic E-state index is -2.89. The van der Waals surface area contributed by atoms with Gasteiger partial charge in [-0.15, -0.1) is 0 Å². The van der Waals surface area contributed by atoms with Gasteiger partial charge in [-0.05, 0) is 23.1 Å². The van der Waals surface area contributed by atoms with E-state index >= 15 is 0 Å². The lowest BCUT2D eigenvalue weighted by molar-refractivity contribution is 0.556. The lowest BCUT2D eigenvalue weighted by Gasteiger charge is -2.24. The summed E-state index contributed by atoms with van der Waals surface area (Å²) in [5, 5.41) is 0. The fraction of sp³-hybridized carbons (Fsp3) is 0.533. The Balaban J connectivity index is 1.91. The van der Waals surface area contributed by atoms with Crippen molar-refractivity contribution in [1.29, 1.82) is 0 Å². The van der Waals surface area contributed by atoms with E-state index in [1.54, 1.807) is 0 Å². The zero-order valence-corrected chi connectivity index (χ0v) is 13.4. The zero-order chi connectivity index (χ0) is 15.3. The van der Waals surface area contributed by atoms with Crippen molar-refractivity contribution in [2.24, 2.45) is 0 Å². The second-order valence-corrected chi connectivity index (χ2v) is 8.87. The Kier molecular flexibility index (Phi) is 3.24. The molecule has 1 aliphatic heterocycles. The topological polar surface area (TPSA) is 63.4 Å². The van der Waals surface area contributed by atoms with Gasteiger partial charge in [0, 0.05) is 13.1 Å². The number of rotatable bonds is 1. The van der Waals surface area contributed by atoms with Crippen molar-refractivity contribution in [2.45, 2.75) is 26.2 Å². The fourth-order valence-corrected chi connectivity index (χ4v) is 3.62. The standard InChI is InChI=1S/C15H20N2O3S/c1-15(2,3)11-4-5-13-12(10-11)16-14(20-13)17-6-8-21(18,19)9-7-17/h4-5,10H,6-9H2,1-3H3. The van der Waals surface area contributed by atoms with E-state index in [4.69, 9.17) is 4.42 Å². The van der Waals surface area contributed by atoms with Gasteiger partial charge in [0.1, 0.15) is 5.52 Å². The van der Waals surface area contributed by atoms with Crippen LogP contribution in [0.3, 0.4) is 0 Å². The van der Waals surface area contributed by atoms with Crippen molar-refractivity contribution in [3.8, 4) is 0 Å². The molecule has 0 aliphatic carbocycles. The highest BCUT2D eigenvalue weighted by Crippen LogP contribution is 2.28. The number of oxazole rings is 1. The van der Waals surface area contributed by atoms with Crippen LogP contribution in [0.25, 0.3) is 11.1 Å². The monoisotopic (exact) mass is 308 g/mol. The molecule has 0 bridgehead atoms. The highest BCUT2D eigenvalue weighted by molar-refractivity contribution is 7.91. The van der Waals surface area contributed by atoms with Crippen LogP contribution in [0.2, 0.25) is 0 Å². The van der Waals surface area contributed by atoms with Crippen molar-refractivity contribution < 1.29 is 12.8 Å². The van der Waals surface area contributed by atoms with Crippen LogP contribution in [0, 0.1) is 0 Å².